The van der Waals surface area contributed by atoms with Gasteiger partial charge in [0.05, 0.1) is 17.9 Å². The number of benzene rings is 1. The van der Waals surface area contributed by atoms with Crippen LogP contribution < -0.4 is 0 Å². The third-order valence-corrected chi connectivity index (χ3v) is 3.33. The summed E-state index contributed by atoms with van der Waals surface area (Å²) in [5, 5.41) is 10.2. The van der Waals surface area contributed by atoms with E-state index in [1.54, 1.807) is 6.20 Å². The maximum Gasteiger partial charge on any atom is 0.124 e. The predicted molar refractivity (Wildman–Crippen MR) is 64.6 cm³/mol. The molecule has 2 aromatic rings. The summed E-state index contributed by atoms with van der Waals surface area (Å²) in [6.45, 7) is 6.12. The van der Waals surface area contributed by atoms with Crippen molar-refractivity contribution < 1.29 is 5.11 Å². The first-order valence-electron chi connectivity index (χ1n) is 5.13. The Morgan fingerprint density at radius 1 is 1.12 bits per heavy atom. The lowest BCUT2D eigenvalue weighted by molar-refractivity contribution is 0.215. The van der Waals surface area contributed by atoms with Crippen molar-refractivity contribution >= 4 is 11.7 Å². The minimum absolute atomic E-state index is 0.622. The highest BCUT2D eigenvalue weighted by molar-refractivity contribution is 6.99. The first-order chi connectivity index (χ1) is 7.59. The van der Waals surface area contributed by atoms with Crippen molar-refractivity contribution in [3.05, 3.63) is 46.3 Å². The van der Waals surface area contributed by atoms with Gasteiger partial charge in [-0.1, -0.05) is 12.1 Å². The molecule has 1 aromatic heterocycles. The maximum absolute atomic E-state index is 10.2. The van der Waals surface area contributed by atoms with E-state index < -0.39 is 6.10 Å². The Hall–Kier alpha value is -1.26. The molecule has 1 heterocycles. The lowest BCUT2D eigenvalue weighted by Crippen LogP contribution is -2.03. The highest BCUT2D eigenvalue weighted by atomic mass is 32.1. The van der Waals surface area contributed by atoms with Crippen molar-refractivity contribution in [1.29, 1.82) is 0 Å². The van der Waals surface area contributed by atoms with E-state index in [1.807, 2.05) is 19.9 Å². The molecule has 1 N–H and O–H groups in total. The lowest BCUT2D eigenvalue weighted by atomic mass is 9.96. The van der Waals surface area contributed by atoms with Gasteiger partial charge in [0.2, 0.25) is 0 Å². The molecule has 0 bridgehead atoms. The first kappa shape index (κ1) is 11.2. The Bertz CT molecular complexity index is 494. The van der Waals surface area contributed by atoms with Gasteiger partial charge in [-0.2, -0.15) is 8.75 Å². The fraction of sp³-hybridized carbons (Fsp3) is 0.333. The van der Waals surface area contributed by atoms with Crippen LogP contribution in [0, 0.1) is 20.8 Å². The highest BCUT2D eigenvalue weighted by Crippen LogP contribution is 2.26. The molecule has 1 unspecified atom stereocenters. The first-order valence-corrected chi connectivity index (χ1v) is 5.86. The van der Waals surface area contributed by atoms with E-state index in [2.05, 4.69) is 21.7 Å². The van der Waals surface area contributed by atoms with E-state index in [9.17, 15) is 5.11 Å². The van der Waals surface area contributed by atoms with Crippen LogP contribution >= 0.6 is 11.7 Å². The molecule has 3 nitrogen and oxygen atoms in total. The monoisotopic (exact) mass is 234 g/mol. The van der Waals surface area contributed by atoms with Gasteiger partial charge in [0.25, 0.3) is 0 Å². The van der Waals surface area contributed by atoms with Gasteiger partial charge in [0, 0.05) is 0 Å². The van der Waals surface area contributed by atoms with Gasteiger partial charge in [0.15, 0.2) is 0 Å². The molecule has 4 heteroatoms. The summed E-state index contributed by atoms with van der Waals surface area (Å²) in [6, 6.07) is 4.11. The van der Waals surface area contributed by atoms with Gasteiger partial charge in [-0.25, -0.2) is 0 Å². The summed E-state index contributed by atoms with van der Waals surface area (Å²) in [4.78, 5) is 0. The zero-order valence-electron chi connectivity index (χ0n) is 9.56. The number of nitrogens with zero attached hydrogens (tertiary/aromatic N) is 2. The summed E-state index contributed by atoms with van der Waals surface area (Å²) in [5.41, 5.74) is 5.04. The topological polar surface area (TPSA) is 46.0 Å². The third kappa shape index (κ3) is 1.99. The van der Waals surface area contributed by atoms with Crippen molar-refractivity contribution in [1.82, 2.24) is 8.75 Å². The Labute approximate surface area is 99.1 Å². The van der Waals surface area contributed by atoms with E-state index in [0.29, 0.717) is 5.69 Å². The van der Waals surface area contributed by atoms with Crippen LogP contribution in [0.5, 0.6) is 0 Å². The van der Waals surface area contributed by atoms with E-state index in [4.69, 9.17) is 0 Å². The van der Waals surface area contributed by atoms with Crippen molar-refractivity contribution in [2.45, 2.75) is 26.9 Å². The Morgan fingerprint density at radius 2 is 1.81 bits per heavy atom. The second kappa shape index (κ2) is 4.31. The molecule has 84 valence electrons. The summed E-state index contributed by atoms with van der Waals surface area (Å²) in [7, 11) is 0. The fourth-order valence-corrected chi connectivity index (χ4v) is 2.17. The van der Waals surface area contributed by atoms with Gasteiger partial charge in [0.1, 0.15) is 11.8 Å². The largest absolute Gasteiger partial charge is 0.382 e. The van der Waals surface area contributed by atoms with E-state index in [0.717, 1.165) is 22.9 Å². The Balaban J connectivity index is 2.44. The quantitative estimate of drug-likeness (QED) is 0.868. The molecule has 0 spiro atoms. The smallest absolute Gasteiger partial charge is 0.124 e. The van der Waals surface area contributed by atoms with Crippen molar-refractivity contribution in [3.63, 3.8) is 0 Å². The molecule has 0 saturated heterocycles. The van der Waals surface area contributed by atoms with Gasteiger partial charge >= 0.3 is 0 Å². The highest BCUT2D eigenvalue weighted by Gasteiger charge is 2.16. The van der Waals surface area contributed by atoms with Crippen LogP contribution in [0.1, 0.15) is 34.1 Å². The summed E-state index contributed by atoms with van der Waals surface area (Å²) >= 11 is 1.12. The van der Waals surface area contributed by atoms with E-state index in [1.165, 1.54) is 11.1 Å². The molecule has 0 saturated carbocycles. The van der Waals surface area contributed by atoms with Crippen LogP contribution in [-0.4, -0.2) is 13.9 Å². The van der Waals surface area contributed by atoms with Crippen molar-refractivity contribution in [2.75, 3.05) is 0 Å². The molecule has 1 atom stereocenters. The van der Waals surface area contributed by atoms with Gasteiger partial charge < -0.3 is 5.11 Å². The summed E-state index contributed by atoms with van der Waals surface area (Å²) < 4.78 is 7.98. The molecule has 0 aliphatic carbocycles. The van der Waals surface area contributed by atoms with Gasteiger partial charge in [-0.3, -0.25) is 0 Å². The molecule has 0 amide bonds. The zero-order valence-corrected chi connectivity index (χ0v) is 10.4. The Morgan fingerprint density at radius 3 is 2.44 bits per heavy atom. The SMILES string of the molecule is Cc1cc(C)c(C(O)c2cnsn2)cc1C. The summed E-state index contributed by atoms with van der Waals surface area (Å²) in [5.74, 6) is 0. The average Bonchev–Trinajstić information content (AvgIpc) is 2.75. The fourth-order valence-electron chi connectivity index (χ4n) is 1.73. The second-order valence-electron chi connectivity index (χ2n) is 4.03. The molecule has 1 aromatic carbocycles. The Kier molecular flexibility index (Phi) is 3.03. The number of hydrogen-bond donors (Lipinski definition) is 1. The minimum atomic E-state index is -0.668. The number of hydrogen-bond acceptors (Lipinski definition) is 4. The molecule has 0 aliphatic rings. The summed E-state index contributed by atoms with van der Waals surface area (Å²) in [6.07, 6.45) is 0.947. The van der Waals surface area contributed by atoms with Gasteiger partial charge in [-0.15, -0.1) is 0 Å². The van der Waals surface area contributed by atoms with Crippen LogP contribution in [0.15, 0.2) is 18.3 Å². The number of aromatic nitrogens is 2. The molecule has 0 fully saturated rings. The second-order valence-corrected chi connectivity index (χ2v) is 4.58. The number of aliphatic hydroxyl groups is 1. The average molecular weight is 234 g/mol. The molecule has 0 aliphatic heterocycles. The minimum Gasteiger partial charge on any atom is -0.382 e. The van der Waals surface area contributed by atoms with Crippen LogP contribution in [-0.2, 0) is 0 Å². The normalized spacial score (nSPS) is 12.8. The lowest BCUT2D eigenvalue weighted by Gasteiger charge is -2.13. The van der Waals surface area contributed by atoms with Crippen LogP contribution in [0.4, 0.5) is 0 Å². The van der Waals surface area contributed by atoms with Crippen LogP contribution in [0.2, 0.25) is 0 Å². The molecule has 2 rings (SSSR count). The third-order valence-electron chi connectivity index (χ3n) is 2.84. The van der Waals surface area contributed by atoms with Gasteiger partial charge in [-0.05, 0) is 43.0 Å². The molecule has 0 radical (unpaired) electrons. The number of rotatable bonds is 2. The predicted octanol–water partition coefficient (Wildman–Crippen LogP) is 2.55. The molecular formula is C12H14N2OS. The van der Waals surface area contributed by atoms with Crippen molar-refractivity contribution in [3.8, 4) is 0 Å². The standard InChI is InChI=1S/C12H14N2OS/c1-7-4-9(3)10(5-8(7)2)12(15)11-6-13-16-14-11/h4-6,12,15H,1-3H3. The number of aryl methyl sites for hydroxylation is 3. The maximum atomic E-state index is 10.2. The molecule has 16 heavy (non-hydrogen) atoms. The molecular weight excluding hydrogens is 220 g/mol. The van der Waals surface area contributed by atoms with Crippen molar-refractivity contribution in [2.24, 2.45) is 0 Å². The number of aliphatic hydroxyl groups excluding tert-OH is 1. The van der Waals surface area contributed by atoms with Crippen LogP contribution in [0.25, 0.3) is 0 Å². The van der Waals surface area contributed by atoms with E-state index >= 15 is 0 Å². The zero-order chi connectivity index (χ0) is 11.7. The van der Waals surface area contributed by atoms with E-state index in [-0.39, 0.29) is 0 Å². The van der Waals surface area contributed by atoms with Crippen LogP contribution in [0.3, 0.4) is 0 Å².